The Kier molecular flexibility index (Phi) is 5.74. The number of aryl methyl sites for hydroxylation is 1. The molecule has 30 heavy (non-hydrogen) atoms. The summed E-state index contributed by atoms with van der Waals surface area (Å²) in [5, 5.41) is 9.73. The number of imidazole rings is 1. The molecule has 1 N–H and O–H groups in total. The Morgan fingerprint density at radius 1 is 1.20 bits per heavy atom. The summed E-state index contributed by atoms with van der Waals surface area (Å²) in [5.41, 5.74) is 4.73. The third kappa shape index (κ3) is 3.66. The Hall–Kier alpha value is -2.90. The van der Waals surface area contributed by atoms with Gasteiger partial charge in [-0.15, -0.1) is 0 Å². The first-order valence-corrected chi connectivity index (χ1v) is 10.2. The number of rotatable bonds is 6. The molecule has 1 aromatic heterocycles. The highest BCUT2D eigenvalue weighted by molar-refractivity contribution is 5.94. The van der Waals surface area contributed by atoms with Gasteiger partial charge in [-0.25, -0.2) is 9.78 Å². The van der Waals surface area contributed by atoms with E-state index in [0.717, 1.165) is 46.5 Å². The second-order valence-electron chi connectivity index (χ2n) is 7.67. The predicted molar refractivity (Wildman–Crippen MR) is 115 cm³/mol. The number of carbonyl (C=O) groups is 1. The number of ether oxygens (including phenoxy) is 2. The zero-order chi connectivity index (χ0) is 21.3. The van der Waals surface area contributed by atoms with Crippen molar-refractivity contribution in [1.82, 2.24) is 9.55 Å². The quantitative estimate of drug-likeness (QED) is 0.621. The molecule has 1 atom stereocenters. The van der Waals surface area contributed by atoms with Crippen molar-refractivity contribution in [3.05, 3.63) is 59.4 Å². The lowest BCUT2D eigenvalue weighted by molar-refractivity contribution is -0.110. The van der Waals surface area contributed by atoms with Gasteiger partial charge in [0.1, 0.15) is 5.82 Å². The Morgan fingerprint density at radius 3 is 2.60 bits per heavy atom. The van der Waals surface area contributed by atoms with Crippen LogP contribution in [0.25, 0.3) is 11.0 Å². The summed E-state index contributed by atoms with van der Waals surface area (Å²) >= 11 is 0. The number of carboxylic acid groups (broad SMARTS) is 1. The molecule has 7 heteroatoms. The predicted octanol–water partition coefficient (Wildman–Crippen LogP) is 4.07. The van der Waals surface area contributed by atoms with Gasteiger partial charge in [-0.05, 0) is 37.5 Å². The molecule has 158 valence electrons. The van der Waals surface area contributed by atoms with E-state index in [-0.39, 0.29) is 6.04 Å². The second kappa shape index (κ2) is 8.45. The highest BCUT2D eigenvalue weighted by Gasteiger charge is 2.30. The highest BCUT2D eigenvalue weighted by Crippen LogP contribution is 2.36. The number of hydrogen-bond donors (Lipinski definition) is 1. The molecular formula is C23H27N3O4. The smallest absolute Gasteiger partial charge is 0.412 e. The van der Waals surface area contributed by atoms with Crippen molar-refractivity contribution in [2.75, 3.05) is 19.1 Å². The SMILES string of the molecule is COC(Cn1c(Cc2ccccc2)nc2c3c(ccc21)N(C(=O)O)[C@@H](C)CC3)OC. The van der Waals surface area contributed by atoms with Gasteiger partial charge in [0.15, 0.2) is 6.29 Å². The largest absolute Gasteiger partial charge is 0.465 e. The van der Waals surface area contributed by atoms with Gasteiger partial charge in [0.05, 0.1) is 23.3 Å². The van der Waals surface area contributed by atoms with E-state index in [1.165, 1.54) is 4.90 Å². The first-order chi connectivity index (χ1) is 14.5. The number of anilines is 1. The van der Waals surface area contributed by atoms with Crippen molar-refractivity contribution in [2.45, 2.75) is 45.1 Å². The van der Waals surface area contributed by atoms with Crippen LogP contribution in [-0.4, -0.2) is 47.3 Å². The minimum absolute atomic E-state index is 0.0512. The van der Waals surface area contributed by atoms with Crippen molar-refractivity contribution in [3.8, 4) is 0 Å². The number of fused-ring (bicyclic) bond motifs is 3. The first-order valence-electron chi connectivity index (χ1n) is 10.2. The van der Waals surface area contributed by atoms with Gasteiger partial charge in [-0.3, -0.25) is 4.90 Å². The summed E-state index contributed by atoms with van der Waals surface area (Å²) in [6, 6.07) is 14.0. The van der Waals surface area contributed by atoms with Gasteiger partial charge in [0.2, 0.25) is 0 Å². The van der Waals surface area contributed by atoms with Crippen molar-refractivity contribution in [2.24, 2.45) is 0 Å². The Morgan fingerprint density at radius 2 is 1.93 bits per heavy atom. The number of methoxy groups -OCH3 is 2. The fraction of sp³-hybridized carbons (Fsp3) is 0.391. The lowest BCUT2D eigenvalue weighted by Crippen LogP contribution is -2.41. The monoisotopic (exact) mass is 409 g/mol. The van der Waals surface area contributed by atoms with Crippen molar-refractivity contribution < 1.29 is 19.4 Å². The van der Waals surface area contributed by atoms with E-state index in [1.807, 2.05) is 37.3 Å². The van der Waals surface area contributed by atoms with Crippen LogP contribution < -0.4 is 4.90 Å². The molecule has 4 rings (SSSR count). The zero-order valence-electron chi connectivity index (χ0n) is 17.5. The van der Waals surface area contributed by atoms with Crippen LogP contribution in [0, 0.1) is 0 Å². The maximum atomic E-state index is 11.9. The number of benzene rings is 2. The molecule has 0 unspecified atom stereocenters. The number of hydrogen-bond acceptors (Lipinski definition) is 4. The summed E-state index contributed by atoms with van der Waals surface area (Å²) in [5.74, 6) is 0.907. The molecule has 3 aromatic rings. The van der Waals surface area contributed by atoms with E-state index in [1.54, 1.807) is 14.2 Å². The van der Waals surface area contributed by atoms with E-state index in [0.29, 0.717) is 13.0 Å². The van der Waals surface area contributed by atoms with Gasteiger partial charge in [-0.2, -0.15) is 0 Å². The zero-order valence-corrected chi connectivity index (χ0v) is 17.5. The molecule has 0 aliphatic carbocycles. The van der Waals surface area contributed by atoms with Crippen LogP contribution in [0.5, 0.6) is 0 Å². The molecule has 2 heterocycles. The topological polar surface area (TPSA) is 76.8 Å². The maximum Gasteiger partial charge on any atom is 0.412 e. The molecule has 2 aromatic carbocycles. The molecule has 1 aliphatic rings. The van der Waals surface area contributed by atoms with Gasteiger partial charge < -0.3 is 19.1 Å². The number of amides is 1. The van der Waals surface area contributed by atoms with E-state index >= 15 is 0 Å². The lowest BCUT2D eigenvalue weighted by atomic mass is 9.96. The van der Waals surface area contributed by atoms with E-state index in [2.05, 4.69) is 16.7 Å². The van der Waals surface area contributed by atoms with Crippen LogP contribution in [0.3, 0.4) is 0 Å². The van der Waals surface area contributed by atoms with Crippen LogP contribution in [0.2, 0.25) is 0 Å². The molecule has 1 amide bonds. The molecule has 0 saturated carbocycles. The minimum Gasteiger partial charge on any atom is -0.465 e. The Balaban J connectivity index is 1.86. The average molecular weight is 409 g/mol. The Labute approximate surface area is 175 Å². The van der Waals surface area contributed by atoms with Crippen LogP contribution >= 0.6 is 0 Å². The minimum atomic E-state index is -0.925. The fourth-order valence-electron chi connectivity index (χ4n) is 4.28. The molecule has 1 aliphatic heterocycles. The van der Waals surface area contributed by atoms with Gasteiger partial charge in [-0.1, -0.05) is 30.3 Å². The van der Waals surface area contributed by atoms with Gasteiger partial charge >= 0.3 is 6.09 Å². The van der Waals surface area contributed by atoms with Crippen molar-refractivity contribution in [1.29, 1.82) is 0 Å². The highest BCUT2D eigenvalue weighted by atomic mass is 16.7. The normalized spacial score (nSPS) is 16.3. The summed E-state index contributed by atoms with van der Waals surface area (Å²) in [7, 11) is 3.25. The molecule has 0 radical (unpaired) electrons. The standard InChI is InChI=1S/C23H27N3O4/c1-15-9-10-17-18(26(15)23(27)28)11-12-19-22(17)24-20(13-16-7-5-4-6-8-16)25(19)14-21(29-2)30-3/h4-8,11-12,15,21H,9-10,13-14H2,1-3H3,(H,27,28)/t15-/m0/s1. The summed E-state index contributed by atoms with van der Waals surface area (Å²) in [4.78, 5) is 18.3. The first kappa shape index (κ1) is 20.4. The molecular weight excluding hydrogens is 382 g/mol. The lowest BCUT2D eigenvalue weighted by Gasteiger charge is -2.33. The summed E-state index contributed by atoms with van der Waals surface area (Å²) in [6.45, 7) is 2.45. The third-order valence-corrected chi connectivity index (χ3v) is 5.86. The Bertz CT molecular complexity index is 1040. The summed E-state index contributed by atoms with van der Waals surface area (Å²) < 4.78 is 13.0. The number of nitrogens with zero attached hydrogens (tertiary/aromatic N) is 3. The molecule has 7 nitrogen and oxygen atoms in total. The molecule has 0 bridgehead atoms. The molecule has 0 spiro atoms. The van der Waals surface area contributed by atoms with Crippen LogP contribution in [0.15, 0.2) is 42.5 Å². The maximum absolute atomic E-state index is 11.9. The third-order valence-electron chi connectivity index (χ3n) is 5.86. The average Bonchev–Trinajstić information content (AvgIpc) is 3.09. The molecule has 0 saturated heterocycles. The van der Waals surface area contributed by atoms with Crippen LogP contribution in [-0.2, 0) is 28.9 Å². The van der Waals surface area contributed by atoms with Crippen LogP contribution in [0.1, 0.15) is 30.3 Å². The molecule has 0 fully saturated rings. The second-order valence-corrected chi connectivity index (χ2v) is 7.67. The fourth-order valence-corrected chi connectivity index (χ4v) is 4.28. The van der Waals surface area contributed by atoms with Crippen molar-refractivity contribution >= 4 is 22.8 Å². The van der Waals surface area contributed by atoms with Crippen LogP contribution in [0.4, 0.5) is 10.5 Å². The van der Waals surface area contributed by atoms with Gasteiger partial charge in [0.25, 0.3) is 0 Å². The van der Waals surface area contributed by atoms with Crippen molar-refractivity contribution in [3.63, 3.8) is 0 Å². The summed E-state index contributed by atoms with van der Waals surface area (Å²) in [6.07, 6.45) is 0.924. The van der Waals surface area contributed by atoms with Gasteiger partial charge in [0, 0.05) is 32.2 Å². The van der Waals surface area contributed by atoms with E-state index < -0.39 is 12.4 Å². The number of aromatic nitrogens is 2. The van der Waals surface area contributed by atoms with E-state index in [4.69, 9.17) is 14.5 Å². The van der Waals surface area contributed by atoms with E-state index in [9.17, 15) is 9.90 Å².